The van der Waals surface area contributed by atoms with Crippen molar-refractivity contribution in [1.29, 1.82) is 0 Å². The van der Waals surface area contributed by atoms with Crippen LogP contribution in [0.1, 0.15) is 18.0 Å². The lowest BCUT2D eigenvalue weighted by molar-refractivity contribution is 0.568. The third-order valence-electron chi connectivity index (χ3n) is 1.77. The van der Waals surface area contributed by atoms with Gasteiger partial charge in [0.2, 0.25) is 0 Å². The van der Waals surface area contributed by atoms with Crippen LogP contribution in [0, 0.1) is 12.3 Å². The molecule has 1 aromatic rings. The largest absolute Gasteiger partial charge is 0.271 e. The van der Waals surface area contributed by atoms with Gasteiger partial charge in [-0.25, -0.2) is 0 Å². The Kier molecular flexibility index (Phi) is 3.78. The summed E-state index contributed by atoms with van der Waals surface area (Å²) in [6.07, 6.45) is 5.75. The van der Waals surface area contributed by atoms with E-state index in [0.29, 0.717) is 11.4 Å². The topological polar surface area (TPSA) is 38.0 Å². The SMILES string of the molecule is C#CCC(NN)c1cccc(Cl)c1. The minimum absolute atomic E-state index is 0.0244. The Bertz CT molecular complexity index is 317. The van der Waals surface area contributed by atoms with Crippen LogP contribution < -0.4 is 11.3 Å². The number of nitrogens with one attached hydrogen (secondary N) is 1. The number of hydrogen-bond donors (Lipinski definition) is 2. The summed E-state index contributed by atoms with van der Waals surface area (Å²) in [5.74, 6) is 7.90. The lowest BCUT2D eigenvalue weighted by Gasteiger charge is -2.13. The van der Waals surface area contributed by atoms with Crippen LogP contribution in [0.5, 0.6) is 0 Å². The molecule has 0 aliphatic carbocycles. The van der Waals surface area contributed by atoms with Gasteiger partial charge in [-0.1, -0.05) is 23.7 Å². The molecule has 2 nitrogen and oxygen atoms in total. The number of benzene rings is 1. The smallest absolute Gasteiger partial charge is 0.0569 e. The molecule has 0 aromatic heterocycles. The molecule has 0 fully saturated rings. The lowest BCUT2D eigenvalue weighted by atomic mass is 10.1. The summed E-state index contributed by atoms with van der Waals surface area (Å²) >= 11 is 5.83. The zero-order chi connectivity index (χ0) is 9.68. The van der Waals surface area contributed by atoms with Crippen LogP contribution >= 0.6 is 11.6 Å². The standard InChI is InChI=1S/C10H11ClN2/c1-2-4-10(13-12)8-5-3-6-9(11)7-8/h1,3,5-7,10,13H,4,12H2. The molecule has 0 aliphatic heterocycles. The Hall–Kier alpha value is -1.01. The zero-order valence-corrected chi connectivity index (χ0v) is 7.88. The molecule has 68 valence electrons. The fraction of sp³-hybridized carbons (Fsp3) is 0.200. The quantitative estimate of drug-likeness (QED) is 0.438. The van der Waals surface area contributed by atoms with E-state index < -0.39 is 0 Å². The van der Waals surface area contributed by atoms with Gasteiger partial charge < -0.3 is 0 Å². The normalized spacial score (nSPS) is 12.1. The first-order chi connectivity index (χ1) is 6.27. The average molecular weight is 195 g/mol. The maximum atomic E-state index is 5.83. The highest BCUT2D eigenvalue weighted by Gasteiger charge is 2.07. The summed E-state index contributed by atoms with van der Waals surface area (Å²) in [6, 6.07) is 7.45. The van der Waals surface area contributed by atoms with Crippen LogP contribution in [0.3, 0.4) is 0 Å². The van der Waals surface area contributed by atoms with E-state index in [2.05, 4.69) is 11.3 Å². The van der Waals surface area contributed by atoms with Crippen LogP contribution in [0.2, 0.25) is 5.02 Å². The average Bonchev–Trinajstić information content (AvgIpc) is 2.14. The number of rotatable bonds is 3. The van der Waals surface area contributed by atoms with Crippen LogP contribution in [0.15, 0.2) is 24.3 Å². The first kappa shape index (κ1) is 10.1. The van der Waals surface area contributed by atoms with Crippen molar-refractivity contribution in [1.82, 2.24) is 5.43 Å². The molecule has 0 saturated heterocycles. The molecule has 3 heteroatoms. The molecule has 0 aliphatic rings. The van der Waals surface area contributed by atoms with Crippen molar-refractivity contribution in [2.45, 2.75) is 12.5 Å². The molecule has 1 aromatic carbocycles. The minimum Gasteiger partial charge on any atom is -0.271 e. The van der Waals surface area contributed by atoms with Gasteiger partial charge in [0.15, 0.2) is 0 Å². The molecule has 0 saturated carbocycles. The summed E-state index contributed by atoms with van der Waals surface area (Å²) in [5.41, 5.74) is 3.65. The first-order valence-electron chi connectivity index (χ1n) is 3.93. The number of nitrogens with two attached hydrogens (primary N) is 1. The number of hydrazine groups is 1. The van der Waals surface area contributed by atoms with E-state index in [4.69, 9.17) is 23.9 Å². The molecule has 0 amide bonds. The summed E-state index contributed by atoms with van der Waals surface area (Å²) in [7, 11) is 0. The third-order valence-corrected chi connectivity index (χ3v) is 2.01. The van der Waals surface area contributed by atoms with Crippen molar-refractivity contribution >= 4 is 11.6 Å². The van der Waals surface area contributed by atoms with E-state index in [1.165, 1.54) is 0 Å². The zero-order valence-electron chi connectivity index (χ0n) is 7.13. The van der Waals surface area contributed by atoms with Crippen LogP contribution in [0.4, 0.5) is 0 Å². The molecule has 13 heavy (non-hydrogen) atoms. The molecular formula is C10H11ClN2. The highest BCUT2D eigenvalue weighted by Crippen LogP contribution is 2.19. The fourth-order valence-corrected chi connectivity index (χ4v) is 1.31. The highest BCUT2D eigenvalue weighted by molar-refractivity contribution is 6.30. The summed E-state index contributed by atoms with van der Waals surface area (Å²) in [5, 5.41) is 0.690. The van der Waals surface area contributed by atoms with Gasteiger partial charge in [0.05, 0.1) is 6.04 Å². The Morgan fingerprint density at radius 1 is 1.62 bits per heavy atom. The molecule has 1 atom stereocenters. The van der Waals surface area contributed by atoms with Gasteiger partial charge in [-0.15, -0.1) is 12.3 Å². The third kappa shape index (κ3) is 2.74. The Labute approximate surface area is 83.1 Å². The van der Waals surface area contributed by atoms with Gasteiger partial charge in [0, 0.05) is 11.4 Å². The van der Waals surface area contributed by atoms with Gasteiger partial charge in [-0.3, -0.25) is 11.3 Å². The van der Waals surface area contributed by atoms with Gasteiger partial charge in [0.1, 0.15) is 0 Å². The number of halogens is 1. The second-order valence-corrected chi connectivity index (χ2v) is 3.12. The summed E-state index contributed by atoms with van der Waals surface area (Å²) < 4.78 is 0. The Morgan fingerprint density at radius 3 is 2.92 bits per heavy atom. The van der Waals surface area contributed by atoms with Crippen molar-refractivity contribution in [2.75, 3.05) is 0 Å². The van der Waals surface area contributed by atoms with Crippen molar-refractivity contribution in [3.63, 3.8) is 0 Å². The summed E-state index contributed by atoms with van der Waals surface area (Å²) in [6.45, 7) is 0. The molecule has 1 unspecified atom stereocenters. The van der Waals surface area contributed by atoms with Crippen molar-refractivity contribution in [3.05, 3.63) is 34.9 Å². The molecule has 3 N–H and O–H groups in total. The van der Waals surface area contributed by atoms with E-state index >= 15 is 0 Å². The lowest BCUT2D eigenvalue weighted by Crippen LogP contribution is -2.27. The fourth-order valence-electron chi connectivity index (χ4n) is 1.11. The molecule has 0 spiro atoms. The van der Waals surface area contributed by atoms with Gasteiger partial charge >= 0.3 is 0 Å². The van der Waals surface area contributed by atoms with Crippen molar-refractivity contribution < 1.29 is 0 Å². The van der Waals surface area contributed by atoms with E-state index in [9.17, 15) is 0 Å². The second kappa shape index (κ2) is 4.88. The van der Waals surface area contributed by atoms with E-state index in [1.54, 1.807) is 0 Å². The van der Waals surface area contributed by atoms with Gasteiger partial charge in [-0.05, 0) is 17.7 Å². The molecule has 0 bridgehead atoms. The van der Waals surface area contributed by atoms with Crippen LogP contribution in [0.25, 0.3) is 0 Å². The van der Waals surface area contributed by atoms with Crippen molar-refractivity contribution in [3.8, 4) is 12.3 Å². The van der Waals surface area contributed by atoms with Gasteiger partial charge in [-0.2, -0.15) is 0 Å². The first-order valence-corrected chi connectivity index (χ1v) is 4.30. The predicted molar refractivity (Wildman–Crippen MR) is 55.0 cm³/mol. The van der Waals surface area contributed by atoms with E-state index in [-0.39, 0.29) is 6.04 Å². The van der Waals surface area contributed by atoms with Crippen LogP contribution in [-0.2, 0) is 0 Å². The number of hydrogen-bond acceptors (Lipinski definition) is 2. The second-order valence-electron chi connectivity index (χ2n) is 2.68. The maximum absolute atomic E-state index is 5.83. The van der Waals surface area contributed by atoms with E-state index in [1.807, 2.05) is 24.3 Å². The Balaban J connectivity index is 2.86. The Morgan fingerprint density at radius 2 is 2.38 bits per heavy atom. The monoisotopic (exact) mass is 194 g/mol. The van der Waals surface area contributed by atoms with Gasteiger partial charge in [0.25, 0.3) is 0 Å². The molecule has 0 radical (unpaired) electrons. The molecular weight excluding hydrogens is 184 g/mol. The number of terminal acetylenes is 1. The molecule has 1 rings (SSSR count). The highest BCUT2D eigenvalue weighted by atomic mass is 35.5. The van der Waals surface area contributed by atoms with E-state index in [0.717, 1.165) is 5.56 Å². The van der Waals surface area contributed by atoms with Crippen molar-refractivity contribution in [2.24, 2.45) is 5.84 Å². The molecule has 0 heterocycles. The minimum atomic E-state index is -0.0244. The summed E-state index contributed by atoms with van der Waals surface area (Å²) in [4.78, 5) is 0. The maximum Gasteiger partial charge on any atom is 0.0569 e. The van der Waals surface area contributed by atoms with Crippen LogP contribution in [-0.4, -0.2) is 0 Å². The predicted octanol–water partition coefficient (Wildman–Crippen LogP) is 1.87.